The molecule has 20 heavy (non-hydrogen) atoms. The van der Waals surface area contributed by atoms with E-state index >= 15 is 0 Å². The number of benzene rings is 1. The van der Waals surface area contributed by atoms with Gasteiger partial charge in [0.2, 0.25) is 0 Å². The first kappa shape index (κ1) is 15.8. The van der Waals surface area contributed by atoms with Crippen LogP contribution in [0.25, 0.3) is 0 Å². The highest BCUT2D eigenvalue weighted by molar-refractivity contribution is 6.01. The number of carbonyl (C=O) groups is 2. The van der Waals surface area contributed by atoms with Crippen molar-refractivity contribution in [2.24, 2.45) is 0 Å². The molecular formula is C14H19NO5. The van der Waals surface area contributed by atoms with Crippen molar-refractivity contribution in [1.29, 1.82) is 0 Å². The Hall–Kier alpha value is -2.24. The number of anilines is 1. The van der Waals surface area contributed by atoms with Gasteiger partial charge in [-0.1, -0.05) is 6.07 Å². The highest BCUT2D eigenvalue weighted by atomic mass is 16.6. The van der Waals surface area contributed by atoms with Gasteiger partial charge in [-0.25, -0.2) is 0 Å². The van der Waals surface area contributed by atoms with Crippen LogP contribution < -0.4 is 10.5 Å². The Morgan fingerprint density at radius 1 is 1.15 bits per heavy atom. The maximum Gasteiger partial charge on any atom is 0.324 e. The molecule has 0 spiro atoms. The number of nitrogens with two attached hydrogens (primary N) is 1. The molecule has 0 aliphatic rings. The van der Waals surface area contributed by atoms with Crippen LogP contribution in [-0.4, -0.2) is 32.3 Å². The van der Waals surface area contributed by atoms with Crippen LogP contribution >= 0.6 is 0 Å². The SMILES string of the molecule is CCOC(=O)C(C(=O)OCC)c1ccc(N)c(OC)c1. The van der Waals surface area contributed by atoms with Gasteiger partial charge in [-0.05, 0) is 31.5 Å². The Kier molecular flexibility index (Phi) is 5.83. The van der Waals surface area contributed by atoms with Gasteiger partial charge in [0.25, 0.3) is 0 Å². The fraction of sp³-hybridized carbons (Fsp3) is 0.429. The van der Waals surface area contributed by atoms with Crippen LogP contribution in [0.3, 0.4) is 0 Å². The Balaban J connectivity index is 3.15. The summed E-state index contributed by atoms with van der Waals surface area (Å²) in [6.45, 7) is 3.70. The summed E-state index contributed by atoms with van der Waals surface area (Å²) in [7, 11) is 1.46. The number of hydrogen-bond acceptors (Lipinski definition) is 6. The average Bonchev–Trinajstić information content (AvgIpc) is 2.41. The van der Waals surface area contributed by atoms with Crippen molar-refractivity contribution in [3.63, 3.8) is 0 Å². The molecule has 0 bridgehead atoms. The molecule has 0 aliphatic carbocycles. The monoisotopic (exact) mass is 281 g/mol. The predicted molar refractivity (Wildman–Crippen MR) is 73.4 cm³/mol. The molecule has 1 rings (SSSR count). The van der Waals surface area contributed by atoms with E-state index in [1.54, 1.807) is 26.0 Å². The van der Waals surface area contributed by atoms with Crippen molar-refractivity contribution in [2.75, 3.05) is 26.1 Å². The van der Waals surface area contributed by atoms with Crippen LogP contribution in [0, 0.1) is 0 Å². The minimum Gasteiger partial charge on any atom is -0.495 e. The molecule has 1 aromatic rings. The first-order chi connectivity index (χ1) is 9.54. The Morgan fingerprint density at radius 3 is 2.15 bits per heavy atom. The molecule has 0 atom stereocenters. The first-order valence-corrected chi connectivity index (χ1v) is 6.31. The van der Waals surface area contributed by atoms with Gasteiger partial charge >= 0.3 is 11.9 Å². The summed E-state index contributed by atoms with van der Waals surface area (Å²) in [4.78, 5) is 23.9. The second kappa shape index (κ2) is 7.37. The molecular weight excluding hydrogens is 262 g/mol. The highest BCUT2D eigenvalue weighted by Gasteiger charge is 2.31. The molecule has 0 saturated heterocycles. The third-order valence-corrected chi connectivity index (χ3v) is 2.64. The minimum absolute atomic E-state index is 0.181. The zero-order chi connectivity index (χ0) is 15.1. The third kappa shape index (κ3) is 3.63. The lowest BCUT2D eigenvalue weighted by molar-refractivity contribution is -0.156. The van der Waals surface area contributed by atoms with Gasteiger partial charge in [0.05, 0.1) is 26.0 Å². The van der Waals surface area contributed by atoms with Crippen LogP contribution in [-0.2, 0) is 19.1 Å². The molecule has 0 amide bonds. The van der Waals surface area contributed by atoms with Gasteiger partial charge in [-0.2, -0.15) is 0 Å². The molecule has 0 radical (unpaired) electrons. The summed E-state index contributed by atoms with van der Waals surface area (Å²) in [5.41, 5.74) is 6.56. The quantitative estimate of drug-likeness (QED) is 0.483. The highest BCUT2D eigenvalue weighted by Crippen LogP contribution is 2.28. The van der Waals surface area contributed by atoms with Gasteiger partial charge in [-0.3, -0.25) is 9.59 Å². The fourth-order valence-electron chi connectivity index (χ4n) is 1.73. The Morgan fingerprint density at radius 2 is 1.70 bits per heavy atom. The average molecular weight is 281 g/mol. The fourth-order valence-corrected chi connectivity index (χ4v) is 1.73. The maximum atomic E-state index is 11.9. The predicted octanol–water partition coefficient (Wildman–Crippen LogP) is 1.49. The maximum absolute atomic E-state index is 11.9. The summed E-state index contributed by atoms with van der Waals surface area (Å²) >= 11 is 0. The molecule has 0 fully saturated rings. The number of nitrogen functional groups attached to an aromatic ring is 1. The van der Waals surface area contributed by atoms with Crippen molar-refractivity contribution in [3.8, 4) is 5.75 Å². The van der Waals surface area contributed by atoms with E-state index in [4.69, 9.17) is 19.9 Å². The zero-order valence-electron chi connectivity index (χ0n) is 11.8. The number of carbonyl (C=O) groups excluding carboxylic acids is 2. The van der Waals surface area contributed by atoms with Crippen LogP contribution in [0.15, 0.2) is 18.2 Å². The van der Waals surface area contributed by atoms with Crippen LogP contribution in [0.2, 0.25) is 0 Å². The summed E-state index contributed by atoms with van der Waals surface area (Å²) in [5.74, 6) is -2.05. The Labute approximate surface area is 117 Å². The summed E-state index contributed by atoms with van der Waals surface area (Å²) in [5, 5.41) is 0. The molecule has 0 heterocycles. The third-order valence-electron chi connectivity index (χ3n) is 2.64. The van der Waals surface area contributed by atoms with Crippen molar-refractivity contribution in [1.82, 2.24) is 0 Å². The van der Waals surface area contributed by atoms with Gasteiger partial charge in [0.1, 0.15) is 5.75 Å². The van der Waals surface area contributed by atoms with E-state index in [1.165, 1.54) is 13.2 Å². The number of ether oxygens (including phenoxy) is 3. The lowest BCUT2D eigenvalue weighted by atomic mass is 9.98. The van der Waals surface area contributed by atoms with Crippen molar-refractivity contribution in [3.05, 3.63) is 23.8 Å². The first-order valence-electron chi connectivity index (χ1n) is 6.31. The number of methoxy groups -OCH3 is 1. The van der Waals surface area contributed by atoms with Crippen molar-refractivity contribution < 1.29 is 23.8 Å². The van der Waals surface area contributed by atoms with Crippen LogP contribution in [0.1, 0.15) is 25.3 Å². The second-order valence-corrected chi connectivity index (χ2v) is 3.94. The lowest BCUT2D eigenvalue weighted by Gasteiger charge is -2.16. The smallest absolute Gasteiger partial charge is 0.324 e. The molecule has 6 heteroatoms. The van der Waals surface area contributed by atoms with Crippen LogP contribution in [0.5, 0.6) is 5.75 Å². The number of esters is 2. The van der Waals surface area contributed by atoms with E-state index in [0.717, 1.165) is 0 Å². The van der Waals surface area contributed by atoms with E-state index in [9.17, 15) is 9.59 Å². The second-order valence-electron chi connectivity index (χ2n) is 3.94. The van der Waals surface area contributed by atoms with Crippen LogP contribution in [0.4, 0.5) is 5.69 Å². The van der Waals surface area contributed by atoms with E-state index in [1.807, 2.05) is 0 Å². The van der Waals surface area contributed by atoms with Crippen molar-refractivity contribution in [2.45, 2.75) is 19.8 Å². The Bertz CT molecular complexity index is 468. The summed E-state index contributed by atoms with van der Waals surface area (Å²) in [6.07, 6.45) is 0. The number of hydrogen-bond donors (Lipinski definition) is 1. The van der Waals surface area contributed by atoms with Gasteiger partial charge in [-0.15, -0.1) is 0 Å². The topological polar surface area (TPSA) is 87.9 Å². The van der Waals surface area contributed by atoms with Gasteiger partial charge in [0, 0.05) is 0 Å². The normalized spacial score (nSPS) is 10.2. The van der Waals surface area contributed by atoms with E-state index in [2.05, 4.69) is 0 Å². The van der Waals surface area contributed by atoms with Gasteiger partial charge in [0.15, 0.2) is 5.92 Å². The molecule has 110 valence electrons. The largest absolute Gasteiger partial charge is 0.495 e. The zero-order valence-corrected chi connectivity index (χ0v) is 11.8. The van der Waals surface area contributed by atoms with E-state index in [0.29, 0.717) is 17.0 Å². The van der Waals surface area contributed by atoms with Crippen molar-refractivity contribution >= 4 is 17.6 Å². The molecule has 6 nitrogen and oxygen atoms in total. The lowest BCUT2D eigenvalue weighted by Crippen LogP contribution is -2.26. The summed E-state index contributed by atoms with van der Waals surface area (Å²) < 4.78 is 14.9. The van der Waals surface area contributed by atoms with Gasteiger partial charge < -0.3 is 19.9 Å². The molecule has 0 saturated carbocycles. The standard InChI is InChI=1S/C14H19NO5/c1-4-19-13(16)12(14(17)20-5-2)9-6-7-10(15)11(8-9)18-3/h6-8,12H,4-5,15H2,1-3H3. The molecule has 0 unspecified atom stereocenters. The minimum atomic E-state index is -1.13. The molecule has 0 aliphatic heterocycles. The molecule has 1 aromatic carbocycles. The summed E-state index contributed by atoms with van der Waals surface area (Å²) in [6, 6.07) is 4.68. The molecule has 0 aromatic heterocycles. The van der Waals surface area contributed by atoms with E-state index < -0.39 is 17.9 Å². The molecule has 2 N–H and O–H groups in total. The van der Waals surface area contributed by atoms with E-state index in [-0.39, 0.29) is 13.2 Å². The number of rotatable bonds is 6.